The standard InChI is InChI=1S/C14H13FNO/c1-11(17)13-3-2-8-16(10-13)9-12-4-6-14(15)7-5-12/h2-8,10H,9H2,1H3/q+1. The maximum absolute atomic E-state index is 12.7. The second-order valence-electron chi connectivity index (χ2n) is 3.95. The molecular formula is C14H13FNO+. The molecule has 3 heteroatoms. The summed E-state index contributed by atoms with van der Waals surface area (Å²) in [7, 11) is 0. The van der Waals surface area contributed by atoms with Crippen LogP contribution < -0.4 is 4.57 Å². The first kappa shape index (κ1) is 11.5. The molecule has 0 unspecified atom stereocenters. The van der Waals surface area contributed by atoms with E-state index in [0.717, 1.165) is 5.56 Å². The van der Waals surface area contributed by atoms with Crippen LogP contribution in [0.15, 0.2) is 48.8 Å². The Labute approximate surface area is 99.3 Å². The average Bonchev–Trinajstić information content (AvgIpc) is 2.32. The van der Waals surface area contributed by atoms with Crippen LogP contribution in [0.4, 0.5) is 4.39 Å². The van der Waals surface area contributed by atoms with Crippen LogP contribution in [-0.2, 0) is 6.54 Å². The molecule has 2 nitrogen and oxygen atoms in total. The molecule has 0 saturated heterocycles. The van der Waals surface area contributed by atoms with Crippen molar-refractivity contribution in [1.82, 2.24) is 0 Å². The number of nitrogens with zero attached hydrogens (tertiary/aromatic N) is 1. The van der Waals surface area contributed by atoms with E-state index in [9.17, 15) is 9.18 Å². The topological polar surface area (TPSA) is 20.9 Å². The maximum Gasteiger partial charge on any atom is 0.179 e. The number of hydrogen-bond acceptors (Lipinski definition) is 1. The van der Waals surface area contributed by atoms with Gasteiger partial charge in [0.2, 0.25) is 0 Å². The number of carbonyl (C=O) groups excluding carboxylic acids is 1. The van der Waals surface area contributed by atoms with Crippen molar-refractivity contribution < 1.29 is 13.8 Å². The minimum Gasteiger partial charge on any atom is -0.294 e. The molecule has 0 amide bonds. The summed E-state index contributed by atoms with van der Waals surface area (Å²) in [6, 6.07) is 9.96. The van der Waals surface area contributed by atoms with Gasteiger partial charge in [0.1, 0.15) is 5.82 Å². The molecule has 2 aromatic rings. The lowest BCUT2D eigenvalue weighted by atomic mass is 10.2. The van der Waals surface area contributed by atoms with E-state index < -0.39 is 0 Å². The van der Waals surface area contributed by atoms with Gasteiger partial charge in [0.25, 0.3) is 0 Å². The van der Waals surface area contributed by atoms with E-state index >= 15 is 0 Å². The van der Waals surface area contributed by atoms with Crippen LogP contribution in [0.5, 0.6) is 0 Å². The Morgan fingerprint density at radius 1 is 1.24 bits per heavy atom. The second kappa shape index (κ2) is 4.87. The number of Topliss-reactive ketones (excluding diaryl/α,β-unsaturated/α-hetero) is 1. The third-order valence-corrected chi connectivity index (χ3v) is 2.54. The molecular weight excluding hydrogens is 217 g/mol. The molecule has 2 rings (SSSR count). The third kappa shape index (κ3) is 2.97. The molecule has 1 heterocycles. The van der Waals surface area contributed by atoms with Crippen molar-refractivity contribution in [3.63, 3.8) is 0 Å². The van der Waals surface area contributed by atoms with Crippen molar-refractivity contribution in [3.05, 3.63) is 65.7 Å². The number of pyridine rings is 1. The summed E-state index contributed by atoms with van der Waals surface area (Å²) in [4.78, 5) is 11.2. The summed E-state index contributed by atoms with van der Waals surface area (Å²) < 4.78 is 14.7. The highest BCUT2D eigenvalue weighted by Gasteiger charge is 2.07. The number of ketones is 1. The van der Waals surface area contributed by atoms with E-state index in [-0.39, 0.29) is 11.6 Å². The van der Waals surface area contributed by atoms with Gasteiger partial charge in [-0.15, -0.1) is 0 Å². The summed E-state index contributed by atoms with van der Waals surface area (Å²) in [5.41, 5.74) is 1.67. The van der Waals surface area contributed by atoms with Crippen molar-refractivity contribution in [2.75, 3.05) is 0 Å². The number of benzene rings is 1. The van der Waals surface area contributed by atoms with Gasteiger partial charge in [-0.1, -0.05) is 0 Å². The van der Waals surface area contributed by atoms with Crippen LogP contribution in [0.2, 0.25) is 0 Å². The van der Waals surface area contributed by atoms with Crippen molar-refractivity contribution in [2.24, 2.45) is 0 Å². The van der Waals surface area contributed by atoms with Crippen LogP contribution in [0.1, 0.15) is 22.8 Å². The maximum atomic E-state index is 12.7. The Kier molecular flexibility index (Phi) is 3.28. The summed E-state index contributed by atoms with van der Waals surface area (Å²) in [5, 5.41) is 0. The quantitative estimate of drug-likeness (QED) is 0.585. The lowest BCUT2D eigenvalue weighted by Gasteiger charge is -1.99. The SMILES string of the molecule is CC(=O)c1ccc[n+](Cc2ccc(F)cc2)c1. The normalized spacial score (nSPS) is 10.2. The molecule has 0 fully saturated rings. The molecule has 1 aromatic carbocycles. The van der Waals surface area contributed by atoms with Crippen LogP contribution in [0.25, 0.3) is 0 Å². The first-order valence-corrected chi connectivity index (χ1v) is 5.39. The zero-order valence-corrected chi connectivity index (χ0v) is 9.56. The molecule has 86 valence electrons. The molecule has 0 spiro atoms. The molecule has 0 aliphatic carbocycles. The minimum atomic E-state index is -0.240. The molecule has 0 saturated carbocycles. The van der Waals surface area contributed by atoms with Gasteiger partial charge >= 0.3 is 0 Å². The van der Waals surface area contributed by atoms with Crippen LogP contribution in [-0.4, -0.2) is 5.78 Å². The molecule has 1 aromatic heterocycles. The van der Waals surface area contributed by atoms with Crippen LogP contribution >= 0.6 is 0 Å². The van der Waals surface area contributed by atoms with Gasteiger partial charge < -0.3 is 0 Å². The van der Waals surface area contributed by atoms with E-state index in [1.807, 2.05) is 16.8 Å². The van der Waals surface area contributed by atoms with Crippen molar-refractivity contribution >= 4 is 5.78 Å². The smallest absolute Gasteiger partial charge is 0.179 e. The van der Waals surface area contributed by atoms with Crippen LogP contribution in [0.3, 0.4) is 0 Å². The Morgan fingerprint density at radius 3 is 2.59 bits per heavy atom. The Bertz CT molecular complexity index is 534. The minimum absolute atomic E-state index is 0.0402. The first-order valence-electron chi connectivity index (χ1n) is 5.39. The van der Waals surface area contributed by atoms with Gasteiger partial charge in [-0.3, -0.25) is 4.79 Å². The van der Waals surface area contributed by atoms with Gasteiger partial charge in [-0.2, -0.15) is 0 Å². The average molecular weight is 230 g/mol. The fraction of sp³-hybridized carbons (Fsp3) is 0.143. The van der Waals surface area contributed by atoms with E-state index in [0.29, 0.717) is 12.1 Å². The number of halogens is 1. The van der Waals surface area contributed by atoms with Gasteiger partial charge in [0.15, 0.2) is 24.7 Å². The number of rotatable bonds is 3. The molecule has 0 aliphatic heterocycles. The molecule has 17 heavy (non-hydrogen) atoms. The predicted molar refractivity (Wildman–Crippen MR) is 62.1 cm³/mol. The highest BCUT2D eigenvalue weighted by molar-refractivity contribution is 5.93. The lowest BCUT2D eigenvalue weighted by Crippen LogP contribution is -2.34. The van der Waals surface area contributed by atoms with Crippen molar-refractivity contribution in [3.8, 4) is 0 Å². The fourth-order valence-corrected chi connectivity index (χ4v) is 1.63. The molecule has 0 aliphatic rings. The van der Waals surface area contributed by atoms with E-state index in [4.69, 9.17) is 0 Å². The molecule has 0 N–H and O–H groups in total. The number of aromatic nitrogens is 1. The Morgan fingerprint density at radius 2 is 1.94 bits per heavy atom. The van der Waals surface area contributed by atoms with E-state index in [2.05, 4.69) is 0 Å². The number of carbonyl (C=O) groups is 1. The first-order chi connectivity index (χ1) is 8.15. The van der Waals surface area contributed by atoms with E-state index in [1.54, 1.807) is 24.4 Å². The zero-order chi connectivity index (χ0) is 12.3. The van der Waals surface area contributed by atoms with Gasteiger partial charge in [0.05, 0.1) is 5.56 Å². The summed E-state index contributed by atoms with van der Waals surface area (Å²) >= 11 is 0. The molecule has 0 radical (unpaired) electrons. The molecule has 0 atom stereocenters. The Hall–Kier alpha value is -2.03. The van der Waals surface area contributed by atoms with Crippen molar-refractivity contribution in [1.29, 1.82) is 0 Å². The highest BCUT2D eigenvalue weighted by Crippen LogP contribution is 2.02. The van der Waals surface area contributed by atoms with Gasteiger partial charge in [0, 0.05) is 11.6 Å². The summed E-state index contributed by atoms with van der Waals surface area (Å²) in [5.74, 6) is -0.199. The number of hydrogen-bond donors (Lipinski definition) is 0. The second-order valence-corrected chi connectivity index (χ2v) is 3.95. The largest absolute Gasteiger partial charge is 0.294 e. The Balaban J connectivity index is 2.21. The summed E-state index contributed by atoms with van der Waals surface area (Å²) in [6.07, 6.45) is 3.68. The highest BCUT2D eigenvalue weighted by atomic mass is 19.1. The predicted octanol–water partition coefficient (Wildman–Crippen LogP) is 2.36. The van der Waals surface area contributed by atoms with Crippen LogP contribution in [0, 0.1) is 5.82 Å². The van der Waals surface area contributed by atoms with Gasteiger partial charge in [-0.05, 0) is 37.3 Å². The third-order valence-electron chi connectivity index (χ3n) is 2.54. The molecule has 0 bridgehead atoms. The zero-order valence-electron chi connectivity index (χ0n) is 9.56. The van der Waals surface area contributed by atoms with Gasteiger partial charge in [-0.25, -0.2) is 8.96 Å². The van der Waals surface area contributed by atoms with E-state index in [1.165, 1.54) is 19.1 Å². The van der Waals surface area contributed by atoms with Crippen molar-refractivity contribution in [2.45, 2.75) is 13.5 Å². The summed E-state index contributed by atoms with van der Waals surface area (Å²) in [6.45, 7) is 2.17. The lowest BCUT2D eigenvalue weighted by molar-refractivity contribution is -0.688. The monoisotopic (exact) mass is 230 g/mol. The fourth-order valence-electron chi connectivity index (χ4n) is 1.63.